The van der Waals surface area contributed by atoms with Crippen LogP contribution in [0.25, 0.3) is 0 Å². The Morgan fingerprint density at radius 3 is 2.81 bits per heavy atom. The number of anilines is 2. The number of carbonyl (C=O) groups is 2. The van der Waals surface area contributed by atoms with E-state index in [4.69, 9.17) is 9.47 Å². The molecule has 0 saturated carbocycles. The second kappa shape index (κ2) is 8.49. The monoisotopic (exact) mass is 354 g/mol. The minimum atomic E-state index is -0.244. The van der Waals surface area contributed by atoms with Crippen molar-refractivity contribution >= 4 is 23.2 Å². The van der Waals surface area contributed by atoms with Gasteiger partial charge in [-0.1, -0.05) is 30.3 Å². The lowest BCUT2D eigenvalue weighted by Gasteiger charge is -2.30. The van der Waals surface area contributed by atoms with Gasteiger partial charge in [0.2, 0.25) is 5.91 Å². The number of carbonyl (C=O) groups excluding carboxylic acids is 2. The van der Waals surface area contributed by atoms with E-state index in [0.29, 0.717) is 23.7 Å². The van der Waals surface area contributed by atoms with Gasteiger partial charge < -0.3 is 19.7 Å². The fourth-order valence-electron chi connectivity index (χ4n) is 2.94. The van der Waals surface area contributed by atoms with Crippen LogP contribution in [-0.2, 0) is 20.7 Å². The van der Waals surface area contributed by atoms with E-state index in [1.807, 2.05) is 18.2 Å². The van der Waals surface area contributed by atoms with E-state index in [2.05, 4.69) is 17.4 Å². The van der Waals surface area contributed by atoms with E-state index in [1.165, 1.54) is 12.7 Å². The largest absolute Gasteiger partial charge is 0.482 e. The summed E-state index contributed by atoms with van der Waals surface area (Å²) < 4.78 is 10.3. The van der Waals surface area contributed by atoms with Crippen LogP contribution in [0.4, 0.5) is 11.4 Å². The number of benzene rings is 2. The minimum Gasteiger partial charge on any atom is -0.482 e. The molecule has 6 heteroatoms. The molecular formula is C20H22N2O4. The Morgan fingerprint density at radius 1 is 1.23 bits per heavy atom. The standard InChI is InChI=1S/C20H22N2O4/c1-25-13-19(23)21-16-9-10-18-17(12-16)22(20(24)14-26-18)11-5-8-15-6-3-2-4-7-15/h2-4,6-7,9-10,12H,5,8,11,13-14H2,1H3,(H,21,23). The Bertz CT molecular complexity index is 777. The lowest BCUT2D eigenvalue weighted by atomic mass is 10.1. The van der Waals surface area contributed by atoms with Crippen LogP contribution in [0.5, 0.6) is 5.75 Å². The number of ether oxygens (including phenoxy) is 2. The summed E-state index contributed by atoms with van der Waals surface area (Å²) in [6, 6.07) is 15.5. The molecule has 0 aliphatic carbocycles. The number of nitrogens with zero attached hydrogens (tertiary/aromatic N) is 1. The summed E-state index contributed by atoms with van der Waals surface area (Å²) in [5, 5.41) is 2.75. The minimum absolute atomic E-state index is 0.0205. The molecule has 0 aromatic heterocycles. The molecule has 2 aromatic carbocycles. The number of fused-ring (bicyclic) bond motifs is 1. The second-order valence-electron chi connectivity index (χ2n) is 6.09. The quantitative estimate of drug-likeness (QED) is 0.830. The maximum Gasteiger partial charge on any atom is 0.265 e. The first-order chi connectivity index (χ1) is 12.7. The fourth-order valence-corrected chi connectivity index (χ4v) is 2.94. The number of amides is 2. The van der Waals surface area contributed by atoms with Crippen LogP contribution < -0.4 is 15.0 Å². The van der Waals surface area contributed by atoms with Crippen LogP contribution in [-0.4, -0.2) is 38.7 Å². The molecular weight excluding hydrogens is 332 g/mol. The lowest BCUT2D eigenvalue weighted by Crippen LogP contribution is -2.39. The van der Waals surface area contributed by atoms with Gasteiger partial charge >= 0.3 is 0 Å². The van der Waals surface area contributed by atoms with Crippen LogP contribution in [0.15, 0.2) is 48.5 Å². The van der Waals surface area contributed by atoms with Crippen LogP contribution in [0.2, 0.25) is 0 Å². The summed E-state index contributed by atoms with van der Waals surface area (Å²) in [6.45, 7) is 0.612. The van der Waals surface area contributed by atoms with Gasteiger partial charge in [0.15, 0.2) is 6.61 Å². The van der Waals surface area contributed by atoms with Gasteiger partial charge in [0.05, 0.1) is 5.69 Å². The number of aryl methyl sites for hydroxylation is 1. The topological polar surface area (TPSA) is 67.9 Å². The van der Waals surface area contributed by atoms with E-state index < -0.39 is 0 Å². The predicted molar refractivity (Wildman–Crippen MR) is 99.6 cm³/mol. The summed E-state index contributed by atoms with van der Waals surface area (Å²) in [5.41, 5.74) is 2.54. The Kier molecular flexibility index (Phi) is 5.86. The van der Waals surface area contributed by atoms with E-state index in [9.17, 15) is 9.59 Å². The number of nitrogens with one attached hydrogen (secondary N) is 1. The summed E-state index contributed by atoms with van der Waals surface area (Å²) in [6.07, 6.45) is 1.74. The first kappa shape index (κ1) is 17.9. The smallest absolute Gasteiger partial charge is 0.265 e. The second-order valence-corrected chi connectivity index (χ2v) is 6.09. The molecule has 1 aliphatic rings. The van der Waals surface area contributed by atoms with Gasteiger partial charge in [-0.25, -0.2) is 0 Å². The van der Waals surface area contributed by atoms with Gasteiger partial charge in [-0.05, 0) is 36.6 Å². The number of hydrogen-bond acceptors (Lipinski definition) is 4. The molecule has 0 unspecified atom stereocenters. The molecule has 26 heavy (non-hydrogen) atoms. The highest BCUT2D eigenvalue weighted by atomic mass is 16.5. The molecule has 1 aliphatic heterocycles. The van der Waals surface area contributed by atoms with Crippen LogP contribution in [0.3, 0.4) is 0 Å². The molecule has 1 N–H and O–H groups in total. The Morgan fingerprint density at radius 2 is 2.04 bits per heavy atom. The van der Waals surface area contributed by atoms with Crippen LogP contribution >= 0.6 is 0 Å². The number of hydrogen-bond donors (Lipinski definition) is 1. The molecule has 6 nitrogen and oxygen atoms in total. The first-order valence-electron chi connectivity index (χ1n) is 8.57. The van der Waals surface area contributed by atoms with Crippen molar-refractivity contribution in [3.8, 4) is 5.75 Å². The van der Waals surface area contributed by atoms with Gasteiger partial charge in [0, 0.05) is 19.3 Å². The fraction of sp³-hybridized carbons (Fsp3) is 0.300. The molecule has 2 aromatic rings. The summed E-state index contributed by atoms with van der Waals surface area (Å²) >= 11 is 0. The molecule has 0 radical (unpaired) electrons. The maximum atomic E-state index is 12.3. The third-order valence-electron chi connectivity index (χ3n) is 4.15. The maximum absolute atomic E-state index is 12.3. The number of rotatable bonds is 7. The van der Waals surface area contributed by atoms with Crippen molar-refractivity contribution in [1.82, 2.24) is 0 Å². The van der Waals surface area contributed by atoms with Crippen molar-refractivity contribution in [3.05, 3.63) is 54.1 Å². The predicted octanol–water partition coefficient (Wildman–Crippen LogP) is 2.63. The van der Waals surface area contributed by atoms with Crippen molar-refractivity contribution < 1.29 is 19.1 Å². The van der Waals surface area contributed by atoms with Gasteiger partial charge in [0.1, 0.15) is 12.4 Å². The van der Waals surface area contributed by atoms with E-state index in [-0.39, 0.29) is 25.0 Å². The zero-order valence-corrected chi connectivity index (χ0v) is 14.7. The van der Waals surface area contributed by atoms with Gasteiger partial charge in [-0.3, -0.25) is 9.59 Å². The molecule has 0 saturated heterocycles. The van der Waals surface area contributed by atoms with E-state index in [0.717, 1.165) is 12.8 Å². The van der Waals surface area contributed by atoms with E-state index in [1.54, 1.807) is 23.1 Å². The third kappa shape index (κ3) is 4.40. The number of methoxy groups -OCH3 is 1. The Balaban J connectivity index is 1.70. The highest BCUT2D eigenvalue weighted by molar-refractivity contribution is 5.99. The molecule has 0 bridgehead atoms. The third-order valence-corrected chi connectivity index (χ3v) is 4.15. The zero-order chi connectivity index (χ0) is 18.4. The van der Waals surface area contributed by atoms with Gasteiger partial charge in [0.25, 0.3) is 5.91 Å². The Hall–Kier alpha value is -2.86. The van der Waals surface area contributed by atoms with Crippen LogP contribution in [0, 0.1) is 0 Å². The van der Waals surface area contributed by atoms with Gasteiger partial charge in [-0.2, -0.15) is 0 Å². The zero-order valence-electron chi connectivity index (χ0n) is 14.7. The summed E-state index contributed by atoms with van der Waals surface area (Å²) in [7, 11) is 1.47. The molecule has 0 fully saturated rings. The van der Waals surface area contributed by atoms with Crippen molar-refractivity contribution in [1.29, 1.82) is 0 Å². The average Bonchev–Trinajstić information content (AvgIpc) is 2.64. The van der Waals surface area contributed by atoms with Crippen molar-refractivity contribution in [2.45, 2.75) is 12.8 Å². The molecule has 136 valence electrons. The molecule has 0 atom stereocenters. The molecule has 0 spiro atoms. The van der Waals surface area contributed by atoms with Crippen LogP contribution in [0.1, 0.15) is 12.0 Å². The summed E-state index contributed by atoms with van der Waals surface area (Å²) in [4.78, 5) is 25.8. The average molecular weight is 354 g/mol. The van der Waals surface area contributed by atoms with Crippen molar-refractivity contribution in [3.63, 3.8) is 0 Å². The summed E-state index contributed by atoms with van der Waals surface area (Å²) in [5.74, 6) is 0.325. The van der Waals surface area contributed by atoms with E-state index >= 15 is 0 Å². The molecule has 1 heterocycles. The van der Waals surface area contributed by atoms with Crippen molar-refractivity contribution in [2.24, 2.45) is 0 Å². The lowest BCUT2D eigenvalue weighted by molar-refractivity contribution is -0.121. The Labute approximate surface area is 152 Å². The normalized spacial score (nSPS) is 13.1. The first-order valence-corrected chi connectivity index (χ1v) is 8.57. The highest BCUT2D eigenvalue weighted by Gasteiger charge is 2.25. The highest BCUT2D eigenvalue weighted by Crippen LogP contribution is 2.34. The molecule has 3 rings (SSSR count). The SMILES string of the molecule is COCC(=O)Nc1ccc2c(c1)N(CCCc1ccccc1)C(=O)CO2. The molecule has 2 amide bonds. The van der Waals surface area contributed by atoms with Gasteiger partial charge in [-0.15, -0.1) is 0 Å². The van der Waals surface area contributed by atoms with Crippen molar-refractivity contribution in [2.75, 3.05) is 37.1 Å².